The Bertz CT molecular complexity index is 479. The molecule has 0 radical (unpaired) electrons. The Morgan fingerprint density at radius 2 is 2.41 bits per heavy atom. The maximum Gasteiger partial charge on any atom is 0.261 e. The first-order valence-corrected chi connectivity index (χ1v) is 5.39. The van der Waals surface area contributed by atoms with E-state index in [4.69, 9.17) is 15.0 Å². The van der Waals surface area contributed by atoms with Crippen LogP contribution in [0.25, 0.3) is 11.5 Å². The molecular formula is C10H15N5O2. The standard InChI is InChI=1S/C10H15N5O2/c1-3-16-5-8(11)9-13-10(17-15-9)7-4-12-14-6(7)2/h4,8H,3,5,11H2,1-2H3,(H,12,14). The Kier molecular flexibility index (Phi) is 3.50. The van der Waals surface area contributed by atoms with Crippen LogP contribution in [0.4, 0.5) is 0 Å². The van der Waals surface area contributed by atoms with Gasteiger partial charge in [-0.05, 0) is 13.8 Å². The van der Waals surface area contributed by atoms with Crippen molar-refractivity contribution in [2.45, 2.75) is 19.9 Å². The fraction of sp³-hybridized carbons (Fsp3) is 0.500. The molecular weight excluding hydrogens is 222 g/mol. The Balaban J connectivity index is 2.13. The molecule has 0 saturated carbocycles. The molecule has 0 saturated heterocycles. The van der Waals surface area contributed by atoms with E-state index in [1.165, 1.54) is 0 Å². The van der Waals surface area contributed by atoms with E-state index in [0.29, 0.717) is 24.9 Å². The van der Waals surface area contributed by atoms with Crippen LogP contribution in [0.1, 0.15) is 24.5 Å². The zero-order chi connectivity index (χ0) is 12.3. The molecule has 2 rings (SSSR count). The molecule has 0 amide bonds. The first-order valence-electron chi connectivity index (χ1n) is 5.39. The predicted octanol–water partition coefficient (Wildman–Crippen LogP) is 0.804. The molecule has 7 heteroatoms. The SMILES string of the molecule is CCOCC(N)c1noc(-c2cn[nH]c2C)n1. The molecule has 2 aromatic heterocycles. The number of ether oxygens (including phenoxy) is 1. The molecule has 0 spiro atoms. The largest absolute Gasteiger partial charge is 0.380 e. The molecule has 1 unspecified atom stereocenters. The fourth-order valence-corrected chi connectivity index (χ4v) is 1.38. The van der Waals surface area contributed by atoms with Gasteiger partial charge in [-0.3, -0.25) is 5.10 Å². The average Bonchev–Trinajstić information content (AvgIpc) is 2.93. The molecule has 92 valence electrons. The summed E-state index contributed by atoms with van der Waals surface area (Å²) >= 11 is 0. The number of nitrogens with zero attached hydrogens (tertiary/aromatic N) is 3. The summed E-state index contributed by atoms with van der Waals surface area (Å²) in [4.78, 5) is 4.22. The van der Waals surface area contributed by atoms with Crippen molar-refractivity contribution in [3.05, 3.63) is 17.7 Å². The second kappa shape index (κ2) is 5.07. The zero-order valence-electron chi connectivity index (χ0n) is 9.80. The van der Waals surface area contributed by atoms with Gasteiger partial charge in [-0.15, -0.1) is 0 Å². The molecule has 0 aliphatic carbocycles. The van der Waals surface area contributed by atoms with Crippen molar-refractivity contribution in [3.8, 4) is 11.5 Å². The first kappa shape index (κ1) is 11.7. The number of rotatable bonds is 5. The smallest absolute Gasteiger partial charge is 0.261 e. The Labute approximate surface area is 98.3 Å². The van der Waals surface area contributed by atoms with Crippen LogP contribution in [0.5, 0.6) is 0 Å². The molecule has 0 bridgehead atoms. The highest BCUT2D eigenvalue weighted by atomic mass is 16.5. The topological polar surface area (TPSA) is 103 Å². The van der Waals surface area contributed by atoms with Crippen LogP contribution >= 0.6 is 0 Å². The van der Waals surface area contributed by atoms with Gasteiger partial charge in [-0.2, -0.15) is 10.1 Å². The third-order valence-corrected chi connectivity index (χ3v) is 2.34. The van der Waals surface area contributed by atoms with Crippen LogP contribution in [0.2, 0.25) is 0 Å². The summed E-state index contributed by atoms with van der Waals surface area (Å²) in [5.74, 6) is 0.854. The lowest BCUT2D eigenvalue weighted by Gasteiger charge is -2.05. The molecule has 0 aliphatic heterocycles. The van der Waals surface area contributed by atoms with E-state index in [-0.39, 0.29) is 6.04 Å². The normalized spacial score (nSPS) is 12.9. The van der Waals surface area contributed by atoms with E-state index < -0.39 is 0 Å². The van der Waals surface area contributed by atoms with Gasteiger partial charge in [-0.25, -0.2) is 0 Å². The van der Waals surface area contributed by atoms with Crippen molar-refractivity contribution in [2.24, 2.45) is 5.73 Å². The molecule has 0 aromatic carbocycles. The van der Waals surface area contributed by atoms with Gasteiger partial charge in [0.15, 0.2) is 5.82 Å². The molecule has 0 aliphatic rings. The molecule has 1 atom stereocenters. The first-order chi connectivity index (χ1) is 8.22. The summed E-state index contributed by atoms with van der Waals surface area (Å²) in [5.41, 5.74) is 7.51. The summed E-state index contributed by atoms with van der Waals surface area (Å²) < 4.78 is 10.3. The number of H-pyrrole nitrogens is 1. The summed E-state index contributed by atoms with van der Waals surface area (Å²) in [6.45, 7) is 4.77. The number of hydrogen-bond acceptors (Lipinski definition) is 6. The highest BCUT2D eigenvalue weighted by molar-refractivity contribution is 5.54. The zero-order valence-corrected chi connectivity index (χ0v) is 9.80. The average molecular weight is 237 g/mol. The minimum atomic E-state index is -0.375. The maximum atomic E-state index is 5.85. The van der Waals surface area contributed by atoms with Crippen LogP contribution in [0.15, 0.2) is 10.7 Å². The lowest BCUT2D eigenvalue weighted by molar-refractivity contribution is 0.130. The quantitative estimate of drug-likeness (QED) is 0.797. The van der Waals surface area contributed by atoms with Crippen LogP contribution < -0.4 is 5.73 Å². The molecule has 2 heterocycles. The van der Waals surface area contributed by atoms with Crippen LogP contribution in [0, 0.1) is 6.92 Å². The van der Waals surface area contributed by atoms with Gasteiger partial charge in [0.25, 0.3) is 5.89 Å². The second-order valence-electron chi connectivity index (χ2n) is 3.63. The van der Waals surface area contributed by atoms with E-state index in [1.807, 2.05) is 13.8 Å². The number of aromatic amines is 1. The number of aryl methyl sites for hydroxylation is 1. The van der Waals surface area contributed by atoms with E-state index in [2.05, 4.69) is 20.3 Å². The van der Waals surface area contributed by atoms with Crippen LogP contribution in [-0.2, 0) is 4.74 Å². The number of aromatic nitrogens is 4. The third-order valence-electron chi connectivity index (χ3n) is 2.34. The Morgan fingerprint density at radius 3 is 3.06 bits per heavy atom. The van der Waals surface area contributed by atoms with Crippen molar-refractivity contribution in [2.75, 3.05) is 13.2 Å². The Hall–Kier alpha value is -1.73. The van der Waals surface area contributed by atoms with E-state index in [9.17, 15) is 0 Å². The van der Waals surface area contributed by atoms with Gasteiger partial charge in [0, 0.05) is 12.3 Å². The van der Waals surface area contributed by atoms with Crippen molar-refractivity contribution >= 4 is 0 Å². The second-order valence-corrected chi connectivity index (χ2v) is 3.63. The van der Waals surface area contributed by atoms with Crippen LogP contribution in [-0.4, -0.2) is 33.6 Å². The summed E-state index contributed by atoms with van der Waals surface area (Å²) in [6.07, 6.45) is 1.64. The summed E-state index contributed by atoms with van der Waals surface area (Å²) in [6, 6.07) is -0.375. The summed E-state index contributed by atoms with van der Waals surface area (Å²) in [5, 5.41) is 10.5. The summed E-state index contributed by atoms with van der Waals surface area (Å²) in [7, 11) is 0. The minimum Gasteiger partial charge on any atom is -0.380 e. The van der Waals surface area contributed by atoms with Gasteiger partial charge in [0.05, 0.1) is 24.4 Å². The number of hydrogen-bond donors (Lipinski definition) is 2. The molecule has 2 aromatic rings. The minimum absolute atomic E-state index is 0.375. The molecule has 0 fully saturated rings. The lowest BCUT2D eigenvalue weighted by Crippen LogP contribution is -2.18. The fourth-order valence-electron chi connectivity index (χ4n) is 1.38. The van der Waals surface area contributed by atoms with Crippen molar-refractivity contribution < 1.29 is 9.26 Å². The lowest BCUT2D eigenvalue weighted by atomic mass is 10.2. The monoisotopic (exact) mass is 237 g/mol. The predicted molar refractivity (Wildman–Crippen MR) is 60.0 cm³/mol. The van der Waals surface area contributed by atoms with E-state index >= 15 is 0 Å². The molecule has 7 nitrogen and oxygen atoms in total. The highest BCUT2D eigenvalue weighted by Gasteiger charge is 2.17. The van der Waals surface area contributed by atoms with Gasteiger partial charge in [0.2, 0.25) is 0 Å². The van der Waals surface area contributed by atoms with Crippen molar-refractivity contribution in [1.29, 1.82) is 0 Å². The molecule has 17 heavy (non-hydrogen) atoms. The Morgan fingerprint density at radius 1 is 1.59 bits per heavy atom. The van der Waals surface area contributed by atoms with Crippen LogP contribution in [0.3, 0.4) is 0 Å². The van der Waals surface area contributed by atoms with Gasteiger partial charge >= 0.3 is 0 Å². The van der Waals surface area contributed by atoms with Crippen molar-refractivity contribution in [1.82, 2.24) is 20.3 Å². The highest BCUT2D eigenvalue weighted by Crippen LogP contribution is 2.20. The van der Waals surface area contributed by atoms with Gasteiger partial charge < -0.3 is 15.0 Å². The third kappa shape index (κ3) is 2.51. The number of nitrogens with one attached hydrogen (secondary N) is 1. The number of nitrogens with two attached hydrogens (primary N) is 1. The van der Waals surface area contributed by atoms with E-state index in [1.54, 1.807) is 6.20 Å². The van der Waals surface area contributed by atoms with Gasteiger partial charge in [0.1, 0.15) is 0 Å². The molecule has 3 N–H and O–H groups in total. The van der Waals surface area contributed by atoms with Crippen molar-refractivity contribution in [3.63, 3.8) is 0 Å². The maximum absolute atomic E-state index is 5.85. The van der Waals surface area contributed by atoms with Gasteiger partial charge in [-0.1, -0.05) is 5.16 Å². The van der Waals surface area contributed by atoms with E-state index in [0.717, 1.165) is 11.3 Å².